The highest BCUT2D eigenvalue weighted by atomic mass is 16.6. The maximum atomic E-state index is 12.6. The largest absolute Gasteiger partial charge is 0.462 e. The third-order valence-electron chi connectivity index (χ3n) is 4.80. The van der Waals surface area contributed by atoms with Gasteiger partial charge in [-0.3, -0.25) is 24.0 Å². The van der Waals surface area contributed by atoms with Gasteiger partial charge in [0.25, 0.3) is 0 Å². The van der Waals surface area contributed by atoms with Gasteiger partial charge in [-0.1, -0.05) is 38.1 Å². The molecule has 1 aromatic carbocycles. The molecular formula is C23H23NO8. The van der Waals surface area contributed by atoms with Crippen LogP contribution in [0, 0.1) is 5.92 Å². The van der Waals surface area contributed by atoms with E-state index in [9.17, 15) is 24.0 Å². The Bertz CT molecular complexity index is 1030. The molecule has 1 unspecified atom stereocenters. The summed E-state index contributed by atoms with van der Waals surface area (Å²) in [6.45, 7) is 3.41. The molecule has 1 atom stereocenters. The number of benzene rings is 1. The average molecular weight is 441 g/mol. The number of ether oxygens (including phenoxy) is 2. The SMILES string of the molecule is CC(C)CC(N)C(=O)OCCOC(=O)CC(=O)c1cc2c(o1)C(=O)c1ccccc1C2=O. The van der Waals surface area contributed by atoms with Gasteiger partial charge in [-0.15, -0.1) is 0 Å². The lowest BCUT2D eigenvalue weighted by atomic mass is 9.88. The van der Waals surface area contributed by atoms with Crippen LogP contribution < -0.4 is 5.73 Å². The first-order valence-corrected chi connectivity index (χ1v) is 10.1. The van der Waals surface area contributed by atoms with Crippen molar-refractivity contribution in [1.82, 2.24) is 0 Å². The van der Waals surface area contributed by atoms with E-state index >= 15 is 0 Å². The monoisotopic (exact) mass is 441 g/mol. The molecule has 0 bridgehead atoms. The van der Waals surface area contributed by atoms with Crippen LogP contribution in [0.4, 0.5) is 0 Å². The van der Waals surface area contributed by atoms with Crippen molar-refractivity contribution < 1.29 is 37.9 Å². The van der Waals surface area contributed by atoms with Crippen LogP contribution in [0.2, 0.25) is 0 Å². The van der Waals surface area contributed by atoms with Crippen LogP contribution in [-0.2, 0) is 19.1 Å². The van der Waals surface area contributed by atoms with Crippen molar-refractivity contribution in [2.75, 3.05) is 13.2 Å². The van der Waals surface area contributed by atoms with Crippen LogP contribution in [0.1, 0.15) is 69.3 Å². The number of fused-ring (bicyclic) bond motifs is 2. The Hall–Kier alpha value is -3.59. The highest BCUT2D eigenvalue weighted by molar-refractivity contribution is 6.28. The van der Waals surface area contributed by atoms with Gasteiger partial charge in [-0.05, 0) is 18.4 Å². The second-order valence-electron chi connectivity index (χ2n) is 7.78. The number of Topliss-reactive ketones (excluding diaryl/α,β-unsaturated/α-hetero) is 1. The molecule has 0 amide bonds. The number of carbonyl (C=O) groups is 5. The summed E-state index contributed by atoms with van der Waals surface area (Å²) in [4.78, 5) is 61.1. The molecule has 2 N–H and O–H groups in total. The third kappa shape index (κ3) is 5.00. The molecule has 1 heterocycles. The summed E-state index contributed by atoms with van der Waals surface area (Å²) in [5, 5.41) is 0. The van der Waals surface area contributed by atoms with E-state index in [1.165, 1.54) is 18.2 Å². The number of carbonyl (C=O) groups excluding carboxylic acids is 5. The van der Waals surface area contributed by atoms with Crippen molar-refractivity contribution in [3.8, 4) is 0 Å². The summed E-state index contributed by atoms with van der Waals surface area (Å²) < 4.78 is 15.1. The summed E-state index contributed by atoms with van der Waals surface area (Å²) in [7, 11) is 0. The lowest BCUT2D eigenvalue weighted by Crippen LogP contribution is -2.34. The van der Waals surface area contributed by atoms with Gasteiger partial charge >= 0.3 is 11.9 Å². The van der Waals surface area contributed by atoms with E-state index in [1.54, 1.807) is 12.1 Å². The molecule has 0 aliphatic heterocycles. The number of rotatable bonds is 9. The minimum Gasteiger partial charge on any atom is -0.462 e. The van der Waals surface area contributed by atoms with Crippen LogP contribution in [0.3, 0.4) is 0 Å². The molecule has 9 heteroatoms. The van der Waals surface area contributed by atoms with Crippen LogP contribution in [0.15, 0.2) is 34.7 Å². The van der Waals surface area contributed by atoms with Gasteiger partial charge in [0.1, 0.15) is 25.7 Å². The second kappa shape index (κ2) is 9.69. The Morgan fingerprint density at radius 3 is 2.25 bits per heavy atom. The first kappa shape index (κ1) is 23.1. The number of ketones is 3. The van der Waals surface area contributed by atoms with Crippen molar-refractivity contribution in [2.24, 2.45) is 11.7 Å². The Labute approximate surface area is 183 Å². The van der Waals surface area contributed by atoms with Gasteiger partial charge in [0.15, 0.2) is 17.3 Å². The van der Waals surface area contributed by atoms with Gasteiger partial charge < -0.3 is 19.6 Å². The van der Waals surface area contributed by atoms with Crippen molar-refractivity contribution in [1.29, 1.82) is 0 Å². The predicted molar refractivity (Wildman–Crippen MR) is 110 cm³/mol. The Morgan fingerprint density at radius 2 is 1.59 bits per heavy atom. The molecule has 2 aromatic rings. The number of nitrogens with two attached hydrogens (primary N) is 1. The molecule has 0 saturated carbocycles. The molecule has 3 rings (SSSR count). The van der Waals surface area contributed by atoms with Crippen molar-refractivity contribution in [3.63, 3.8) is 0 Å². The van der Waals surface area contributed by atoms with Gasteiger partial charge in [0.05, 0.1) is 5.56 Å². The fraction of sp³-hybridized carbons (Fsp3) is 0.348. The third-order valence-corrected chi connectivity index (χ3v) is 4.80. The van der Waals surface area contributed by atoms with E-state index in [0.29, 0.717) is 6.42 Å². The van der Waals surface area contributed by atoms with Crippen LogP contribution in [0.5, 0.6) is 0 Å². The molecule has 168 valence electrons. The number of hydrogen-bond acceptors (Lipinski definition) is 9. The first-order chi connectivity index (χ1) is 15.2. The molecule has 0 saturated heterocycles. The van der Waals surface area contributed by atoms with Crippen molar-refractivity contribution in [2.45, 2.75) is 32.7 Å². The predicted octanol–water partition coefficient (Wildman–Crippen LogP) is 2.09. The van der Waals surface area contributed by atoms with Gasteiger partial charge in [-0.25, -0.2) is 0 Å². The molecule has 0 radical (unpaired) electrons. The van der Waals surface area contributed by atoms with Gasteiger partial charge in [0.2, 0.25) is 11.6 Å². The van der Waals surface area contributed by atoms with E-state index in [4.69, 9.17) is 19.6 Å². The number of hydrogen-bond donors (Lipinski definition) is 1. The molecular weight excluding hydrogens is 418 g/mol. The maximum Gasteiger partial charge on any atom is 0.323 e. The van der Waals surface area contributed by atoms with Crippen LogP contribution in [-0.4, -0.2) is 48.5 Å². The fourth-order valence-corrected chi connectivity index (χ4v) is 3.29. The van der Waals surface area contributed by atoms with Crippen LogP contribution in [0.25, 0.3) is 0 Å². The Balaban J connectivity index is 1.53. The Kier molecular flexibility index (Phi) is 6.99. The van der Waals surface area contributed by atoms with E-state index in [-0.39, 0.29) is 47.3 Å². The van der Waals surface area contributed by atoms with Crippen molar-refractivity contribution in [3.05, 3.63) is 58.5 Å². The molecule has 1 aliphatic carbocycles. The molecule has 1 aliphatic rings. The zero-order valence-corrected chi connectivity index (χ0v) is 17.7. The molecule has 0 fully saturated rings. The maximum absolute atomic E-state index is 12.6. The first-order valence-electron chi connectivity index (χ1n) is 10.1. The quantitative estimate of drug-likeness (QED) is 0.228. The van der Waals surface area contributed by atoms with E-state index in [2.05, 4.69) is 0 Å². The standard InChI is InChI=1S/C23H23NO8/c1-12(2)9-16(24)23(29)31-8-7-30-19(26)11-17(25)18-10-15-20(27)13-5-3-4-6-14(13)21(28)22(15)32-18/h3-6,10,12,16H,7-9,11,24H2,1-2H3. The number of furan rings is 1. The van der Waals surface area contributed by atoms with Crippen LogP contribution >= 0.6 is 0 Å². The lowest BCUT2D eigenvalue weighted by Gasteiger charge is -2.13. The van der Waals surface area contributed by atoms with Gasteiger partial charge in [0, 0.05) is 11.1 Å². The highest BCUT2D eigenvalue weighted by Gasteiger charge is 2.34. The van der Waals surface area contributed by atoms with Gasteiger partial charge in [-0.2, -0.15) is 0 Å². The van der Waals surface area contributed by atoms with Crippen molar-refractivity contribution >= 4 is 29.3 Å². The second-order valence-corrected chi connectivity index (χ2v) is 7.78. The molecule has 32 heavy (non-hydrogen) atoms. The minimum absolute atomic E-state index is 0.0185. The fourth-order valence-electron chi connectivity index (χ4n) is 3.29. The molecule has 9 nitrogen and oxygen atoms in total. The topological polar surface area (TPSA) is 143 Å². The summed E-state index contributed by atoms with van der Waals surface area (Å²) >= 11 is 0. The average Bonchev–Trinajstić information content (AvgIpc) is 3.20. The lowest BCUT2D eigenvalue weighted by molar-refractivity contribution is -0.152. The molecule has 1 aromatic heterocycles. The zero-order chi connectivity index (χ0) is 23.4. The van der Waals surface area contributed by atoms with E-state index in [0.717, 1.165) is 0 Å². The summed E-state index contributed by atoms with van der Waals surface area (Å²) in [5.41, 5.74) is 6.10. The summed E-state index contributed by atoms with van der Waals surface area (Å²) in [6, 6.07) is 6.68. The minimum atomic E-state index is -0.868. The normalized spacial score (nSPS) is 13.4. The highest BCUT2D eigenvalue weighted by Crippen LogP contribution is 2.30. The van der Waals surface area contributed by atoms with E-state index in [1.807, 2.05) is 13.8 Å². The summed E-state index contributed by atoms with van der Waals surface area (Å²) in [6.07, 6.45) is -0.196. The number of esters is 2. The van der Waals surface area contributed by atoms with E-state index < -0.39 is 41.8 Å². The smallest absolute Gasteiger partial charge is 0.323 e. The molecule has 0 spiro atoms. The Morgan fingerprint density at radius 1 is 0.969 bits per heavy atom. The summed E-state index contributed by atoms with van der Waals surface area (Å²) in [5.74, 6) is -3.43. The zero-order valence-electron chi connectivity index (χ0n) is 17.7.